The smallest absolute Gasteiger partial charge is 0.225 e. The monoisotopic (exact) mass is 339 g/mol. The van der Waals surface area contributed by atoms with Gasteiger partial charge in [-0.1, -0.05) is 12.1 Å². The molecule has 2 heterocycles. The maximum Gasteiger partial charge on any atom is 0.225 e. The van der Waals surface area contributed by atoms with Gasteiger partial charge in [0.2, 0.25) is 5.91 Å². The van der Waals surface area contributed by atoms with Crippen LogP contribution >= 0.6 is 12.4 Å². The summed E-state index contributed by atoms with van der Waals surface area (Å²) < 4.78 is 0. The molecular weight excluding hydrogens is 314 g/mol. The summed E-state index contributed by atoms with van der Waals surface area (Å²) in [5.41, 5.74) is 0.866. The Morgan fingerprint density at radius 2 is 1.91 bits per heavy atom. The Morgan fingerprint density at radius 1 is 1.22 bits per heavy atom. The molecule has 0 spiro atoms. The predicted molar refractivity (Wildman–Crippen MR) is 94.3 cm³/mol. The number of aromatic hydroxyl groups is 1. The van der Waals surface area contributed by atoms with Crippen molar-refractivity contribution in [2.24, 2.45) is 5.92 Å². The summed E-state index contributed by atoms with van der Waals surface area (Å²) >= 11 is 0. The van der Waals surface area contributed by atoms with Crippen LogP contribution in [0, 0.1) is 5.92 Å². The Morgan fingerprint density at radius 3 is 2.57 bits per heavy atom. The lowest BCUT2D eigenvalue weighted by Crippen LogP contribution is -2.52. The third-order valence-corrected chi connectivity index (χ3v) is 4.79. The number of halogens is 1. The van der Waals surface area contributed by atoms with Crippen molar-refractivity contribution in [2.45, 2.75) is 25.8 Å². The van der Waals surface area contributed by atoms with Gasteiger partial charge >= 0.3 is 0 Å². The molecule has 0 aromatic heterocycles. The van der Waals surface area contributed by atoms with Gasteiger partial charge in [0.1, 0.15) is 5.75 Å². The number of carbonyl (C=O) groups is 1. The molecule has 2 aliphatic heterocycles. The number of benzene rings is 1. The third kappa shape index (κ3) is 4.09. The fourth-order valence-corrected chi connectivity index (χ4v) is 3.51. The number of carbonyl (C=O) groups excluding carboxylic acids is 1. The van der Waals surface area contributed by atoms with Gasteiger partial charge < -0.3 is 20.2 Å². The summed E-state index contributed by atoms with van der Waals surface area (Å²) in [6.07, 6.45) is 1.89. The van der Waals surface area contributed by atoms with Crippen LogP contribution in [0.5, 0.6) is 5.75 Å². The summed E-state index contributed by atoms with van der Waals surface area (Å²) in [7, 11) is 0. The normalized spacial score (nSPS) is 24.9. The first-order valence-electron chi connectivity index (χ1n) is 8.20. The van der Waals surface area contributed by atoms with E-state index in [-0.39, 0.29) is 18.3 Å². The summed E-state index contributed by atoms with van der Waals surface area (Å²) in [4.78, 5) is 16.8. The number of para-hydroxylation sites is 2. The number of nitrogens with one attached hydrogen (secondary N) is 1. The molecule has 0 radical (unpaired) electrons. The number of phenols is 1. The van der Waals surface area contributed by atoms with Crippen LogP contribution in [-0.2, 0) is 4.79 Å². The minimum absolute atomic E-state index is 0. The first kappa shape index (κ1) is 17.9. The molecule has 6 heteroatoms. The standard InChI is InChI=1S/C17H25N3O2.ClH/c1-13-12-14(6-7-18-13)17(22)20-10-8-19(9-11-20)15-4-2-3-5-16(15)21;/h2-5,13-14,18,21H,6-12H2,1H3;1H/t13-,14-;/m0./s1. The maximum absolute atomic E-state index is 12.6. The van der Waals surface area contributed by atoms with Crippen LogP contribution in [-0.4, -0.2) is 54.7 Å². The van der Waals surface area contributed by atoms with Crippen LogP contribution in [0.15, 0.2) is 24.3 Å². The molecule has 3 rings (SSSR count). The van der Waals surface area contributed by atoms with Crippen LogP contribution in [0.1, 0.15) is 19.8 Å². The van der Waals surface area contributed by atoms with E-state index in [2.05, 4.69) is 17.1 Å². The number of nitrogens with zero attached hydrogens (tertiary/aromatic N) is 2. The molecule has 5 nitrogen and oxygen atoms in total. The van der Waals surface area contributed by atoms with Crippen molar-refractivity contribution in [1.82, 2.24) is 10.2 Å². The van der Waals surface area contributed by atoms with E-state index in [0.717, 1.165) is 51.3 Å². The average molecular weight is 340 g/mol. The third-order valence-electron chi connectivity index (χ3n) is 4.79. The summed E-state index contributed by atoms with van der Waals surface area (Å²) in [6, 6.07) is 7.84. The average Bonchev–Trinajstić information content (AvgIpc) is 2.55. The molecule has 128 valence electrons. The second-order valence-electron chi connectivity index (χ2n) is 6.38. The minimum atomic E-state index is 0. The Balaban J connectivity index is 0.00000192. The Kier molecular flexibility index (Phi) is 6.13. The number of rotatable bonds is 2. The molecule has 2 saturated heterocycles. The summed E-state index contributed by atoms with van der Waals surface area (Å²) in [6.45, 7) is 6.13. The number of piperidine rings is 1. The van der Waals surface area contributed by atoms with Gasteiger partial charge in [0.25, 0.3) is 0 Å². The van der Waals surface area contributed by atoms with Crippen LogP contribution in [0.4, 0.5) is 5.69 Å². The van der Waals surface area contributed by atoms with E-state index in [9.17, 15) is 9.90 Å². The van der Waals surface area contributed by atoms with Gasteiger partial charge in [0, 0.05) is 38.1 Å². The molecule has 2 N–H and O–H groups in total. The van der Waals surface area contributed by atoms with E-state index in [1.165, 1.54) is 0 Å². The minimum Gasteiger partial charge on any atom is -0.506 e. The van der Waals surface area contributed by atoms with Crippen molar-refractivity contribution in [2.75, 3.05) is 37.6 Å². The van der Waals surface area contributed by atoms with Crippen molar-refractivity contribution in [3.8, 4) is 5.75 Å². The number of hydrogen-bond acceptors (Lipinski definition) is 4. The van der Waals surface area contributed by atoms with Crippen LogP contribution in [0.2, 0.25) is 0 Å². The van der Waals surface area contributed by atoms with Crippen molar-refractivity contribution < 1.29 is 9.90 Å². The zero-order valence-electron chi connectivity index (χ0n) is 13.6. The maximum atomic E-state index is 12.6. The topological polar surface area (TPSA) is 55.8 Å². The van der Waals surface area contributed by atoms with Gasteiger partial charge in [-0.15, -0.1) is 12.4 Å². The first-order valence-corrected chi connectivity index (χ1v) is 8.20. The van der Waals surface area contributed by atoms with E-state index in [0.29, 0.717) is 17.7 Å². The second kappa shape index (κ2) is 7.88. The van der Waals surface area contributed by atoms with Crippen molar-refractivity contribution in [1.29, 1.82) is 0 Å². The lowest BCUT2D eigenvalue weighted by Gasteiger charge is -2.39. The van der Waals surface area contributed by atoms with Crippen molar-refractivity contribution >= 4 is 24.0 Å². The molecule has 0 unspecified atom stereocenters. The van der Waals surface area contributed by atoms with Crippen molar-refractivity contribution in [3.05, 3.63) is 24.3 Å². The van der Waals surface area contributed by atoms with Gasteiger partial charge in [-0.3, -0.25) is 4.79 Å². The Labute approximate surface area is 144 Å². The van der Waals surface area contributed by atoms with Gasteiger partial charge in [0.05, 0.1) is 5.69 Å². The number of amides is 1. The summed E-state index contributed by atoms with van der Waals surface area (Å²) in [5.74, 6) is 0.799. The molecular formula is C17H26ClN3O2. The van der Waals surface area contributed by atoms with E-state index in [4.69, 9.17) is 0 Å². The molecule has 2 atom stereocenters. The van der Waals surface area contributed by atoms with E-state index in [1.54, 1.807) is 6.07 Å². The zero-order valence-corrected chi connectivity index (χ0v) is 14.4. The second-order valence-corrected chi connectivity index (χ2v) is 6.38. The number of anilines is 1. The largest absolute Gasteiger partial charge is 0.506 e. The Bertz CT molecular complexity index is 532. The molecule has 0 bridgehead atoms. The van der Waals surface area contributed by atoms with E-state index >= 15 is 0 Å². The van der Waals surface area contributed by atoms with Gasteiger partial charge in [-0.05, 0) is 38.4 Å². The molecule has 23 heavy (non-hydrogen) atoms. The first-order chi connectivity index (χ1) is 10.6. The van der Waals surface area contributed by atoms with Gasteiger partial charge in [0.15, 0.2) is 0 Å². The van der Waals surface area contributed by atoms with E-state index in [1.807, 2.05) is 23.1 Å². The fourth-order valence-electron chi connectivity index (χ4n) is 3.51. The van der Waals surface area contributed by atoms with Crippen LogP contribution < -0.4 is 10.2 Å². The van der Waals surface area contributed by atoms with Crippen molar-refractivity contribution in [3.63, 3.8) is 0 Å². The quantitative estimate of drug-likeness (QED) is 0.863. The highest BCUT2D eigenvalue weighted by molar-refractivity contribution is 5.85. The van der Waals surface area contributed by atoms with Crippen LogP contribution in [0.25, 0.3) is 0 Å². The predicted octanol–water partition coefficient (Wildman–Crippen LogP) is 1.85. The molecule has 2 aliphatic rings. The van der Waals surface area contributed by atoms with Gasteiger partial charge in [-0.2, -0.15) is 0 Å². The SMILES string of the molecule is C[C@H]1C[C@@H](C(=O)N2CCN(c3ccccc3O)CC2)CCN1.Cl. The molecule has 1 aromatic rings. The number of phenolic OH excluding ortho intramolecular Hbond substituents is 1. The summed E-state index contributed by atoms with van der Waals surface area (Å²) in [5, 5.41) is 13.3. The van der Waals surface area contributed by atoms with Crippen LogP contribution in [0.3, 0.4) is 0 Å². The lowest BCUT2D eigenvalue weighted by atomic mass is 9.92. The lowest BCUT2D eigenvalue weighted by molar-refractivity contribution is -0.137. The highest BCUT2D eigenvalue weighted by Gasteiger charge is 2.30. The Hall–Kier alpha value is -1.46. The number of piperazine rings is 1. The zero-order chi connectivity index (χ0) is 15.5. The molecule has 2 fully saturated rings. The number of hydrogen-bond donors (Lipinski definition) is 2. The van der Waals surface area contributed by atoms with E-state index < -0.39 is 0 Å². The van der Waals surface area contributed by atoms with Gasteiger partial charge in [-0.25, -0.2) is 0 Å². The molecule has 0 saturated carbocycles. The molecule has 1 aromatic carbocycles. The highest BCUT2D eigenvalue weighted by atomic mass is 35.5. The highest BCUT2D eigenvalue weighted by Crippen LogP contribution is 2.28. The molecule has 0 aliphatic carbocycles. The fraction of sp³-hybridized carbons (Fsp3) is 0.588. The molecule has 1 amide bonds.